The van der Waals surface area contributed by atoms with Crippen LogP contribution in [0.3, 0.4) is 0 Å². The van der Waals surface area contributed by atoms with Gasteiger partial charge in [0.1, 0.15) is 0 Å². The van der Waals surface area contributed by atoms with E-state index in [1.807, 2.05) is 6.92 Å². The Morgan fingerprint density at radius 1 is 0.963 bits per heavy atom. The van der Waals surface area contributed by atoms with Crippen molar-refractivity contribution in [2.45, 2.75) is 58.4 Å². The third kappa shape index (κ3) is 3.94. The molecule has 1 aromatic rings. The summed E-state index contributed by atoms with van der Waals surface area (Å²) in [6.45, 7) is 6.49. The number of fused-ring (bicyclic) bond motifs is 2. The van der Waals surface area contributed by atoms with E-state index in [0.717, 1.165) is 6.42 Å². The Balaban J connectivity index is 2.00. The highest BCUT2D eigenvalue weighted by molar-refractivity contribution is 5.95. The number of carbonyl (C=O) groups excluding carboxylic acids is 1. The van der Waals surface area contributed by atoms with Crippen LogP contribution >= 0.6 is 0 Å². The summed E-state index contributed by atoms with van der Waals surface area (Å²) in [7, 11) is 0. The molecule has 1 aliphatic heterocycles. The van der Waals surface area contributed by atoms with Crippen molar-refractivity contribution < 1.29 is 31.1 Å². The van der Waals surface area contributed by atoms with Crippen molar-refractivity contribution in [2.75, 3.05) is 6.54 Å². The fourth-order valence-corrected chi connectivity index (χ4v) is 4.94. The van der Waals surface area contributed by atoms with Crippen molar-refractivity contribution in [3.8, 4) is 0 Å². The molecule has 2 bridgehead atoms. The summed E-state index contributed by atoms with van der Waals surface area (Å²) in [5, 5.41) is 0. The lowest BCUT2D eigenvalue weighted by atomic mass is 9.65. The zero-order valence-electron chi connectivity index (χ0n) is 15.3. The monoisotopic (exact) mass is 393 g/mol. The number of hydrogen-bond acceptors (Lipinski definition) is 1. The Morgan fingerprint density at radius 2 is 1.48 bits per heavy atom. The van der Waals surface area contributed by atoms with Gasteiger partial charge in [-0.25, -0.2) is 0 Å². The van der Waals surface area contributed by atoms with E-state index in [1.54, 1.807) is 0 Å². The molecular formula is C19H21F6NO. The molecule has 150 valence electrons. The first-order valence-electron chi connectivity index (χ1n) is 8.70. The number of rotatable bonds is 1. The van der Waals surface area contributed by atoms with Gasteiger partial charge in [0.2, 0.25) is 0 Å². The predicted molar refractivity (Wildman–Crippen MR) is 87.0 cm³/mol. The van der Waals surface area contributed by atoms with Crippen LogP contribution in [0.1, 0.15) is 61.5 Å². The number of halogens is 6. The van der Waals surface area contributed by atoms with Crippen molar-refractivity contribution in [2.24, 2.45) is 10.8 Å². The summed E-state index contributed by atoms with van der Waals surface area (Å²) < 4.78 is 78.4. The van der Waals surface area contributed by atoms with Crippen LogP contribution in [0, 0.1) is 10.8 Å². The molecule has 2 unspecified atom stereocenters. The number of nitrogens with zero attached hydrogens (tertiary/aromatic N) is 1. The number of carbonyl (C=O) groups is 1. The van der Waals surface area contributed by atoms with Crippen molar-refractivity contribution >= 4 is 5.91 Å². The molecule has 27 heavy (non-hydrogen) atoms. The lowest BCUT2D eigenvalue weighted by molar-refractivity contribution is -0.143. The number of benzene rings is 1. The third-order valence-corrected chi connectivity index (χ3v) is 5.51. The van der Waals surface area contributed by atoms with Gasteiger partial charge >= 0.3 is 12.4 Å². The fraction of sp³-hybridized carbons (Fsp3) is 0.632. The zero-order valence-corrected chi connectivity index (χ0v) is 15.3. The van der Waals surface area contributed by atoms with Crippen molar-refractivity contribution in [3.63, 3.8) is 0 Å². The molecule has 1 saturated heterocycles. The second-order valence-corrected chi connectivity index (χ2v) is 8.94. The quantitative estimate of drug-likeness (QED) is 0.555. The molecular weight excluding hydrogens is 372 g/mol. The molecule has 1 aromatic carbocycles. The maximum atomic E-state index is 13.1. The van der Waals surface area contributed by atoms with Crippen LogP contribution in [-0.2, 0) is 12.4 Å². The van der Waals surface area contributed by atoms with Crippen LogP contribution in [0.5, 0.6) is 0 Å². The highest BCUT2D eigenvalue weighted by Crippen LogP contribution is 2.52. The summed E-state index contributed by atoms with van der Waals surface area (Å²) in [6, 6.07) is 0.916. The summed E-state index contributed by atoms with van der Waals surface area (Å²) >= 11 is 0. The van der Waals surface area contributed by atoms with E-state index < -0.39 is 35.0 Å². The number of alkyl halides is 6. The van der Waals surface area contributed by atoms with E-state index in [1.165, 1.54) is 4.90 Å². The minimum atomic E-state index is -4.97. The normalized spacial score (nSPS) is 27.7. The smallest absolute Gasteiger partial charge is 0.335 e. The van der Waals surface area contributed by atoms with E-state index in [0.29, 0.717) is 31.5 Å². The van der Waals surface area contributed by atoms with Gasteiger partial charge in [-0.2, -0.15) is 26.3 Å². The van der Waals surface area contributed by atoms with Gasteiger partial charge in [-0.3, -0.25) is 4.79 Å². The Labute approximate surface area is 153 Å². The average Bonchev–Trinajstić information content (AvgIpc) is 2.73. The first-order chi connectivity index (χ1) is 12.1. The van der Waals surface area contributed by atoms with Crippen LogP contribution in [0.4, 0.5) is 26.3 Å². The lowest BCUT2D eigenvalue weighted by Gasteiger charge is -2.39. The second kappa shape index (κ2) is 5.88. The molecule has 0 radical (unpaired) electrons. The maximum Gasteiger partial charge on any atom is 0.416 e. The van der Waals surface area contributed by atoms with Gasteiger partial charge in [-0.1, -0.05) is 20.8 Å². The van der Waals surface area contributed by atoms with E-state index in [2.05, 4.69) is 13.8 Å². The van der Waals surface area contributed by atoms with Gasteiger partial charge in [-0.05, 0) is 48.3 Å². The standard InChI is InChI=1S/C19H21F6NO/c1-16(2)7-14-8-17(3,9-16)10-26(14)15(27)11-4-12(18(20,21)22)6-13(5-11)19(23,24)25/h4-6,14H,7-10H2,1-3H3. The summed E-state index contributed by atoms with van der Waals surface area (Å²) in [4.78, 5) is 14.4. The van der Waals surface area contributed by atoms with Crippen LogP contribution in [-0.4, -0.2) is 23.4 Å². The van der Waals surface area contributed by atoms with Crippen LogP contribution in [0.15, 0.2) is 18.2 Å². The molecule has 3 rings (SSSR count). The Kier molecular flexibility index (Phi) is 4.36. The molecule has 8 heteroatoms. The molecule has 1 aliphatic carbocycles. The largest absolute Gasteiger partial charge is 0.416 e. The minimum Gasteiger partial charge on any atom is -0.335 e. The van der Waals surface area contributed by atoms with E-state index in [9.17, 15) is 31.1 Å². The summed E-state index contributed by atoms with van der Waals surface area (Å²) in [6.07, 6.45) is -7.68. The van der Waals surface area contributed by atoms with Crippen LogP contribution < -0.4 is 0 Å². The van der Waals surface area contributed by atoms with Crippen LogP contribution in [0.2, 0.25) is 0 Å². The number of amides is 1. The van der Waals surface area contributed by atoms with E-state index >= 15 is 0 Å². The maximum absolute atomic E-state index is 13.1. The van der Waals surface area contributed by atoms with Crippen molar-refractivity contribution in [3.05, 3.63) is 34.9 Å². The molecule has 2 fully saturated rings. The van der Waals surface area contributed by atoms with Gasteiger partial charge in [-0.15, -0.1) is 0 Å². The molecule has 0 N–H and O–H groups in total. The van der Waals surface area contributed by atoms with Gasteiger partial charge in [0.05, 0.1) is 11.1 Å². The SMILES string of the molecule is CC1(C)CC2CC(C)(CN2C(=O)c2cc(C(F)(F)F)cc(C(F)(F)F)c2)C1. The molecule has 2 nitrogen and oxygen atoms in total. The first kappa shape index (κ1) is 20.0. The highest BCUT2D eigenvalue weighted by atomic mass is 19.4. The Hall–Kier alpha value is -1.73. The highest BCUT2D eigenvalue weighted by Gasteiger charge is 2.51. The topological polar surface area (TPSA) is 20.3 Å². The molecule has 1 saturated carbocycles. The van der Waals surface area contributed by atoms with Gasteiger partial charge in [0, 0.05) is 18.2 Å². The van der Waals surface area contributed by atoms with Gasteiger partial charge < -0.3 is 4.90 Å². The van der Waals surface area contributed by atoms with Gasteiger partial charge in [0.25, 0.3) is 5.91 Å². The van der Waals surface area contributed by atoms with Crippen LogP contribution in [0.25, 0.3) is 0 Å². The molecule has 2 atom stereocenters. The third-order valence-electron chi connectivity index (χ3n) is 5.51. The lowest BCUT2D eigenvalue weighted by Crippen LogP contribution is -2.38. The molecule has 1 heterocycles. The molecule has 0 aromatic heterocycles. The van der Waals surface area contributed by atoms with E-state index in [4.69, 9.17) is 0 Å². The average molecular weight is 393 g/mol. The fourth-order valence-electron chi connectivity index (χ4n) is 4.94. The van der Waals surface area contributed by atoms with E-state index in [-0.39, 0.29) is 22.9 Å². The molecule has 0 spiro atoms. The van der Waals surface area contributed by atoms with Gasteiger partial charge in [0.15, 0.2) is 0 Å². The Morgan fingerprint density at radius 3 is 1.96 bits per heavy atom. The van der Waals surface area contributed by atoms with Crippen molar-refractivity contribution in [1.29, 1.82) is 0 Å². The number of likely N-dealkylation sites (tertiary alicyclic amines) is 1. The van der Waals surface area contributed by atoms with Crippen molar-refractivity contribution in [1.82, 2.24) is 4.90 Å². The Bertz CT molecular complexity index is 734. The number of hydrogen-bond donors (Lipinski definition) is 0. The molecule has 2 aliphatic rings. The predicted octanol–water partition coefficient (Wildman–Crippen LogP) is 5.77. The second-order valence-electron chi connectivity index (χ2n) is 8.94. The molecule has 1 amide bonds. The zero-order chi connectivity index (χ0) is 20.4. The minimum absolute atomic E-state index is 0.0301. The first-order valence-corrected chi connectivity index (χ1v) is 8.70. The summed E-state index contributed by atoms with van der Waals surface area (Å²) in [5.74, 6) is -0.766. The summed E-state index contributed by atoms with van der Waals surface area (Å²) in [5.41, 5.74) is -3.69.